The first kappa shape index (κ1) is 32.6. The van der Waals surface area contributed by atoms with Gasteiger partial charge in [-0.2, -0.15) is 0 Å². The minimum atomic E-state index is -1.02. The fraction of sp³-hybridized carbons (Fsp3) is 0.621. The maximum atomic E-state index is 13.5. The van der Waals surface area contributed by atoms with Gasteiger partial charge in [0.2, 0.25) is 17.7 Å². The molecule has 1 aliphatic rings. The zero-order chi connectivity index (χ0) is 29.9. The van der Waals surface area contributed by atoms with Crippen molar-refractivity contribution in [3.05, 3.63) is 35.4 Å². The van der Waals surface area contributed by atoms with Crippen LogP contribution >= 0.6 is 0 Å². The molecular weight excluding hydrogens is 512 g/mol. The maximum absolute atomic E-state index is 13.5. The highest BCUT2D eigenvalue weighted by molar-refractivity contribution is 6.02. The molecule has 0 radical (unpaired) electrons. The predicted molar refractivity (Wildman–Crippen MR) is 154 cm³/mol. The Morgan fingerprint density at radius 1 is 1.00 bits per heavy atom. The van der Waals surface area contributed by atoms with Crippen molar-refractivity contribution in [3.8, 4) is 0 Å². The number of nitrogens with zero attached hydrogens (tertiary/aromatic N) is 1. The van der Waals surface area contributed by atoms with E-state index in [2.05, 4.69) is 16.0 Å². The van der Waals surface area contributed by atoms with Gasteiger partial charge in [0.25, 0.3) is 0 Å². The van der Waals surface area contributed by atoms with E-state index in [0.717, 1.165) is 37.7 Å². The first-order chi connectivity index (χ1) is 18.8. The maximum Gasteiger partial charge on any atom is 0.407 e. The molecule has 222 valence electrons. The van der Waals surface area contributed by atoms with E-state index < -0.39 is 29.6 Å². The summed E-state index contributed by atoms with van der Waals surface area (Å²) in [7, 11) is 3.19. The number of benzene rings is 1. The molecule has 1 fully saturated rings. The predicted octanol–water partition coefficient (Wildman–Crippen LogP) is 2.31. The highest BCUT2D eigenvalue weighted by atomic mass is 16.6. The molecule has 11 heteroatoms. The van der Waals surface area contributed by atoms with Crippen LogP contribution in [0.1, 0.15) is 70.4 Å². The van der Waals surface area contributed by atoms with E-state index in [-0.39, 0.29) is 30.0 Å². The summed E-state index contributed by atoms with van der Waals surface area (Å²) in [6, 6.07) is 6.10. The number of carbonyl (C=O) groups excluding carboxylic acids is 4. The molecule has 0 aliphatic heterocycles. The fourth-order valence-electron chi connectivity index (χ4n) is 4.69. The molecule has 4 amide bonds. The Labute approximate surface area is 237 Å². The van der Waals surface area contributed by atoms with E-state index >= 15 is 0 Å². The number of amidine groups is 1. The Balaban J connectivity index is 2.07. The molecule has 1 aliphatic carbocycles. The van der Waals surface area contributed by atoms with Crippen LogP contribution in [0.25, 0.3) is 0 Å². The average Bonchev–Trinajstić information content (AvgIpc) is 2.89. The van der Waals surface area contributed by atoms with Crippen LogP contribution in [-0.4, -0.2) is 73.4 Å². The number of carbonyl (C=O) groups is 4. The van der Waals surface area contributed by atoms with Crippen molar-refractivity contribution in [2.75, 3.05) is 27.2 Å². The summed E-state index contributed by atoms with van der Waals surface area (Å²) in [5.74, 6) is -2.25. The van der Waals surface area contributed by atoms with Gasteiger partial charge in [-0.3, -0.25) is 19.8 Å². The third kappa shape index (κ3) is 10.9. The Morgan fingerprint density at radius 3 is 2.15 bits per heavy atom. The number of alkyl carbamates (subject to hydrolysis) is 1. The molecule has 11 nitrogen and oxygen atoms in total. The van der Waals surface area contributed by atoms with Crippen molar-refractivity contribution in [1.82, 2.24) is 20.9 Å². The van der Waals surface area contributed by atoms with E-state index in [1.165, 1.54) is 4.90 Å². The molecule has 1 saturated carbocycles. The Kier molecular flexibility index (Phi) is 12.4. The Bertz CT molecular complexity index is 1030. The zero-order valence-corrected chi connectivity index (χ0v) is 24.5. The molecule has 0 spiro atoms. The molecule has 6 N–H and O–H groups in total. The Hall–Kier alpha value is -3.63. The standard InChI is InChI=1S/C29H46N6O5/c1-29(2,3)40-28(39)33-17-9-16-32-26(37)23(20-10-7-6-8-11-20)34-25(36)22(27(38)35(4)5)18-19-12-14-21(15-13-19)24(30)31/h12-15,20,22-23H,6-11,16-18H2,1-5H3,(H3,30,31)(H,32,37)(H,33,39)(H,34,36)/t22?,23-/m0/s1. The largest absolute Gasteiger partial charge is 0.444 e. The molecule has 40 heavy (non-hydrogen) atoms. The van der Waals surface area contributed by atoms with Crippen LogP contribution in [-0.2, 0) is 25.5 Å². The van der Waals surface area contributed by atoms with Crippen LogP contribution in [0.5, 0.6) is 0 Å². The SMILES string of the molecule is CN(C)C(=O)C(Cc1ccc(C(=N)N)cc1)C(=O)N[C@H](C(=O)NCCCNC(=O)OC(C)(C)C)C1CCCCC1. The second-order valence-corrected chi connectivity index (χ2v) is 11.6. The van der Waals surface area contributed by atoms with Crippen LogP contribution in [0.2, 0.25) is 0 Å². The van der Waals surface area contributed by atoms with Crippen molar-refractivity contribution in [2.24, 2.45) is 17.6 Å². The van der Waals surface area contributed by atoms with Gasteiger partial charge in [-0.1, -0.05) is 43.5 Å². The van der Waals surface area contributed by atoms with E-state index in [9.17, 15) is 19.2 Å². The number of nitrogen functional groups attached to an aromatic ring is 1. The van der Waals surface area contributed by atoms with Gasteiger partial charge in [0.15, 0.2) is 0 Å². The van der Waals surface area contributed by atoms with Crippen molar-refractivity contribution < 1.29 is 23.9 Å². The number of nitrogens with two attached hydrogens (primary N) is 1. The summed E-state index contributed by atoms with van der Waals surface area (Å²) in [5, 5.41) is 16.0. The van der Waals surface area contributed by atoms with Crippen LogP contribution in [0.3, 0.4) is 0 Å². The topological polar surface area (TPSA) is 167 Å². The second-order valence-electron chi connectivity index (χ2n) is 11.6. The van der Waals surface area contributed by atoms with Gasteiger partial charge in [-0.25, -0.2) is 4.79 Å². The molecule has 1 aromatic rings. The molecule has 2 atom stereocenters. The van der Waals surface area contributed by atoms with Crippen LogP contribution in [0.4, 0.5) is 4.79 Å². The van der Waals surface area contributed by atoms with Crippen molar-refractivity contribution in [3.63, 3.8) is 0 Å². The van der Waals surface area contributed by atoms with Crippen LogP contribution in [0.15, 0.2) is 24.3 Å². The summed E-state index contributed by atoms with van der Waals surface area (Å²) >= 11 is 0. The molecule has 0 bridgehead atoms. The molecule has 1 aromatic carbocycles. The molecular formula is C29H46N6O5. The first-order valence-electron chi connectivity index (χ1n) is 14.0. The third-order valence-electron chi connectivity index (χ3n) is 6.78. The van der Waals surface area contributed by atoms with Crippen molar-refractivity contribution in [1.29, 1.82) is 5.41 Å². The van der Waals surface area contributed by atoms with Gasteiger partial charge in [0, 0.05) is 32.7 Å². The number of ether oxygens (including phenoxy) is 1. The lowest BCUT2D eigenvalue weighted by Gasteiger charge is -2.31. The lowest BCUT2D eigenvalue weighted by Crippen LogP contribution is -2.54. The zero-order valence-electron chi connectivity index (χ0n) is 24.5. The quantitative estimate of drug-likeness (QED) is 0.114. The van der Waals surface area contributed by atoms with Crippen molar-refractivity contribution >= 4 is 29.7 Å². The summed E-state index contributed by atoms with van der Waals surface area (Å²) in [6.07, 6.45) is 4.81. The second kappa shape index (κ2) is 15.2. The van der Waals surface area contributed by atoms with E-state index in [0.29, 0.717) is 25.1 Å². The van der Waals surface area contributed by atoms with Gasteiger partial charge in [-0.05, 0) is 57.9 Å². The summed E-state index contributed by atoms with van der Waals surface area (Å²) in [4.78, 5) is 53.1. The summed E-state index contributed by atoms with van der Waals surface area (Å²) < 4.78 is 5.21. The van der Waals surface area contributed by atoms with E-state index in [1.807, 2.05) is 0 Å². The number of rotatable bonds is 12. The minimum absolute atomic E-state index is 0.0254. The summed E-state index contributed by atoms with van der Waals surface area (Å²) in [6.45, 7) is 6.00. The summed E-state index contributed by atoms with van der Waals surface area (Å²) in [5.41, 5.74) is 6.25. The number of hydrogen-bond acceptors (Lipinski definition) is 6. The fourth-order valence-corrected chi connectivity index (χ4v) is 4.69. The highest BCUT2D eigenvalue weighted by Gasteiger charge is 2.35. The average molecular weight is 559 g/mol. The van der Waals surface area contributed by atoms with Gasteiger partial charge < -0.3 is 31.3 Å². The van der Waals surface area contributed by atoms with Crippen LogP contribution in [0, 0.1) is 17.2 Å². The van der Waals surface area contributed by atoms with E-state index in [1.54, 1.807) is 59.1 Å². The lowest BCUT2D eigenvalue weighted by molar-refractivity contribution is -0.142. The van der Waals surface area contributed by atoms with Gasteiger partial charge in [0.05, 0.1) is 0 Å². The molecule has 2 rings (SSSR count). The first-order valence-corrected chi connectivity index (χ1v) is 14.0. The molecule has 1 unspecified atom stereocenters. The third-order valence-corrected chi connectivity index (χ3v) is 6.78. The minimum Gasteiger partial charge on any atom is -0.444 e. The van der Waals surface area contributed by atoms with Crippen molar-refractivity contribution in [2.45, 2.75) is 77.4 Å². The lowest BCUT2D eigenvalue weighted by atomic mass is 9.83. The smallest absolute Gasteiger partial charge is 0.407 e. The molecule has 0 heterocycles. The molecule has 0 saturated heterocycles. The van der Waals surface area contributed by atoms with Gasteiger partial charge in [0.1, 0.15) is 23.4 Å². The number of nitrogens with one attached hydrogen (secondary N) is 4. The number of hydrogen-bond donors (Lipinski definition) is 5. The van der Waals surface area contributed by atoms with Gasteiger partial charge in [-0.15, -0.1) is 0 Å². The monoisotopic (exact) mass is 558 g/mol. The highest BCUT2D eigenvalue weighted by Crippen LogP contribution is 2.27. The van der Waals surface area contributed by atoms with Gasteiger partial charge >= 0.3 is 6.09 Å². The normalized spacial score (nSPS) is 15.3. The number of amides is 4. The Morgan fingerprint density at radius 2 is 1.60 bits per heavy atom. The van der Waals surface area contributed by atoms with E-state index in [4.69, 9.17) is 15.9 Å². The molecule has 0 aromatic heterocycles. The van der Waals surface area contributed by atoms with Crippen LogP contribution < -0.4 is 21.7 Å².